The average molecular weight is 407 g/mol. The Kier molecular flexibility index (Phi) is 9.21. The summed E-state index contributed by atoms with van der Waals surface area (Å²) in [5.74, 6) is 0.732. The molecule has 0 aromatic carbocycles. The summed E-state index contributed by atoms with van der Waals surface area (Å²) >= 11 is 0. The van der Waals surface area contributed by atoms with Crippen LogP contribution in [0.1, 0.15) is 78.4 Å². The van der Waals surface area contributed by atoms with Gasteiger partial charge < -0.3 is 19.0 Å². The summed E-state index contributed by atoms with van der Waals surface area (Å²) in [4.78, 5) is 29.6. The SMILES string of the molecule is CCCCCCC(=O)N(CC(=O)N(Cc1ccco1)C[C@H]1CCCO1)C(C)(C)C. The highest BCUT2D eigenvalue weighted by atomic mass is 16.5. The summed E-state index contributed by atoms with van der Waals surface area (Å²) in [6, 6.07) is 3.70. The summed E-state index contributed by atoms with van der Waals surface area (Å²) < 4.78 is 11.2. The molecule has 0 radical (unpaired) electrons. The molecule has 1 aromatic rings. The molecule has 1 aliphatic rings. The van der Waals surface area contributed by atoms with Crippen LogP contribution in [0.3, 0.4) is 0 Å². The third kappa shape index (κ3) is 7.84. The van der Waals surface area contributed by atoms with Crippen LogP contribution in [-0.4, -0.2) is 53.0 Å². The maximum atomic E-state index is 13.2. The molecule has 1 fully saturated rings. The first-order valence-electron chi connectivity index (χ1n) is 11.0. The molecule has 1 aromatic heterocycles. The number of unbranched alkanes of at least 4 members (excludes halogenated alkanes) is 3. The molecule has 0 unspecified atom stereocenters. The predicted octanol–water partition coefficient (Wildman–Crippen LogP) is 4.38. The van der Waals surface area contributed by atoms with Crippen molar-refractivity contribution in [2.24, 2.45) is 0 Å². The molecule has 2 amide bonds. The van der Waals surface area contributed by atoms with Gasteiger partial charge in [0.1, 0.15) is 12.3 Å². The summed E-state index contributed by atoms with van der Waals surface area (Å²) in [5, 5.41) is 0. The van der Waals surface area contributed by atoms with Gasteiger partial charge >= 0.3 is 0 Å². The highest BCUT2D eigenvalue weighted by Crippen LogP contribution is 2.19. The molecule has 0 saturated carbocycles. The predicted molar refractivity (Wildman–Crippen MR) is 113 cm³/mol. The van der Waals surface area contributed by atoms with Crippen molar-refractivity contribution in [1.29, 1.82) is 0 Å². The molecule has 0 aliphatic carbocycles. The molecule has 164 valence electrons. The number of hydrogen-bond donors (Lipinski definition) is 0. The van der Waals surface area contributed by atoms with Crippen LogP contribution in [0.25, 0.3) is 0 Å². The summed E-state index contributed by atoms with van der Waals surface area (Å²) in [6.45, 7) is 9.88. The Hall–Kier alpha value is -1.82. The van der Waals surface area contributed by atoms with Gasteiger partial charge in [0.15, 0.2) is 0 Å². The van der Waals surface area contributed by atoms with E-state index in [1.807, 2.05) is 32.9 Å². The van der Waals surface area contributed by atoms with Gasteiger partial charge in [-0.1, -0.05) is 26.2 Å². The number of furan rings is 1. The van der Waals surface area contributed by atoms with Crippen molar-refractivity contribution < 1.29 is 18.7 Å². The van der Waals surface area contributed by atoms with Crippen molar-refractivity contribution in [2.75, 3.05) is 19.7 Å². The summed E-state index contributed by atoms with van der Waals surface area (Å²) in [7, 11) is 0. The summed E-state index contributed by atoms with van der Waals surface area (Å²) in [6.07, 6.45) is 8.36. The monoisotopic (exact) mass is 406 g/mol. The molecule has 2 rings (SSSR count). The van der Waals surface area contributed by atoms with Gasteiger partial charge in [-0.15, -0.1) is 0 Å². The first kappa shape index (κ1) is 23.5. The molecule has 0 N–H and O–H groups in total. The van der Waals surface area contributed by atoms with E-state index in [2.05, 4.69) is 6.92 Å². The minimum absolute atomic E-state index is 0.0528. The van der Waals surface area contributed by atoms with Crippen molar-refractivity contribution >= 4 is 11.8 Å². The van der Waals surface area contributed by atoms with Crippen LogP contribution in [0.15, 0.2) is 22.8 Å². The number of hydrogen-bond acceptors (Lipinski definition) is 4. The number of rotatable bonds is 11. The van der Waals surface area contributed by atoms with Gasteiger partial charge in [0.05, 0.1) is 18.9 Å². The Bertz CT molecular complexity index is 615. The van der Waals surface area contributed by atoms with E-state index in [9.17, 15) is 9.59 Å². The second-order valence-electron chi connectivity index (χ2n) is 8.95. The third-order valence-electron chi connectivity index (χ3n) is 5.38. The molecule has 6 heteroatoms. The lowest BCUT2D eigenvalue weighted by molar-refractivity contribution is -0.146. The van der Waals surface area contributed by atoms with Crippen LogP contribution in [0.4, 0.5) is 0 Å². The molecule has 6 nitrogen and oxygen atoms in total. The van der Waals surface area contributed by atoms with E-state index in [1.54, 1.807) is 16.1 Å². The molecule has 0 bridgehead atoms. The van der Waals surface area contributed by atoms with Crippen LogP contribution in [0.2, 0.25) is 0 Å². The smallest absolute Gasteiger partial charge is 0.242 e. The fraction of sp³-hybridized carbons (Fsp3) is 0.739. The van der Waals surface area contributed by atoms with Gasteiger partial charge in [-0.2, -0.15) is 0 Å². The second-order valence-corrected chi connectivity index (χ2v) is 8.95. The third-order valence-corrected chi connectivity index (χ3v) is 5.38. The number of carbonyl (C=O) groups excluding carboxylic acids is 2. The zero-order valence-corrected chi connectivity index (χ0v) is 18.6. The van der Waals surface area contributed by atoms with Gasteiger partial charge in [-0.05, 0) is 52.2 Å². The fourth-order valence-corrected chi connectivity index (χ4v) is 3.65. The topological polar surface area (TPSA) is 63.0 Å². The molecule has 1 saturated heterocycles. The molecular formula is C23H38N2O4. The Balaban J connectivity index is 2.04. The van der Waals surface area contributed by atoms with E-state index in [0.717, 1.165) is 50.9 Å². The maximum absolute atomic E-state index is 13.2. The normalized spacial score (nSPS) is 16.8. The van der Waals surface area contributed by atoms with Crippen molar-refractivity contribution in [2.45, 2.75) is 90.8 Å². The largest absolute Gasteiger partial charge is 0.467 e. The highest BCUT2D eigenvalue weighted by Gasteiger charge is 2.31. The lowest BCUT2D eigenvalue weighted by Crippen LogP contribution is -2.51. The number of amides is 2. The molecule has 2 heterocycles. The van der Waals surface area contributed by atoms with E-state index in [0.29, 0.717) is 19.5 Å². The van der Waals surface area contributed by atoms with Crippen molar-refractivity contribution in [1.82, 2.24) is 9.80 Å². The molecule has 29 heavy (non-hydrogen) atoms. The lowest BCUT2D eigenvalue weighted by atomic mass is 10.0. The van der Waals surface area contributed by atoms with Crippen molar-refractivity contribution in [3.63, 3.8) is 0 Å². The van der Waals surface area contributed by atoms with Gasteiger partial charge in [0.25, 0.3) is 0 Å². The van der Waals surface area contributed by atoms with E-state index in [1.165, 1.54) is 0 Å². The van der Waals surface area contributed by atoms with Crippen LogP contribution < -0.4 is 0 Å². The quantitative estimate of drug-likeness (QED) is 0.512. The zero-order chi connectivity index (χ0) is 21.3. The molecule has 0 spiro atoms. The minimum atomic E-state index is -0.405. The number of nitrogens with zero attached hydrogens (tertiary/aromatic N) is 2. The van der Waals surface area contributed by atoms with Gasteiger partial charge in [-0.3, -0.25) is 9.59 Å². The summed E-state index contributed by atoms with van der Waals surface area (Å²) in [5.41, 5.74) is -0.405. The van der Waals surface area contributed by atoms with E-state index < -0.39 is 5.54 Å². The maximum Gasteiger partial charge on any atom is 0.242 e. The van der Waals surface area contributed by atoms with Crippen molar-refractivity contribution in [3.05, 3.63) is 24.2 Å². The van der Waals surface area contributed by atoms with Crippen LogP contribution >= 0.6 is 0 Å². The van der Waals surface area contributed by atoms with Crippen molar-refractivity contribution in [3.8, 4) is 0 Å². The van der Waals surface area contributed by atoms with Crippen LogP contribution in [-0.2, 0) is 20.9 Å². The van der Waals surface area contributed by atoms with Gasteiger partial charge in [0.2, 0.25) is 11.8 Å². The van der Waals surface area contributed by atoms with E-state index in [4.69, 9.17) is 9.15 Å². The lowest BCUT2D eigenvalue weighted by Gasteiger charge is -2.37. The molecule has 1 aliphatic heterocycles. The van der Waals surface area contributed by atoms with Gasteiger partial charge in [0, 0.05) is 25.1 Å². The van der Waals surface area contributed by atoms with E-state index >= 15 is 0 Å². The zero-order valence-electron chi connectivity index (χ0n) is 18.6. The molecular weight excluding hydrogens is 368 g/mol. The fourth-order valence-electron chi connectivity index (χ4n) is 3.65. The Morgan fingerprint density at radius 3 is 2.55 bits per heavy atom. The first-order chi connectivity index (χ1) is 13.8. The number of ether oxygens (including phenoxy) is 1. The Labute approximate surface area is 175 Å². The number of carbonyl (C=O) groups is 2. The van der Waals surface area contributed by atoms with Crippen LogP contribution in [0, 0.1) is 0 Å². The first-order valence-corrected chi connectivity index (χ1v) is 11.0. The minimum Gasteiger partial charge on any atom is -0.467 e. The highest BCUT2D eigenvalue weighted by molar-refractivity contribution is 5.85. The van der Waals surface area contributed by atoms with E-state index in [-0.39, 0.29) is 24.5 Å². The molecule has 1 atom stereocenters. The standard InChI is InChI=1S/C23H38N2O4/c1-5-6-7-8-13-21(26)25(23(2,3)4)18-22(27)24(16-19-11-9-14-28-19)17-20-12-10-15-29-20/h9,11,14,20H,5-8,10,12-13,15-18H2,1-4H3/t20-/m1/s1. The Morgan fingerprint density at radius 2 is 1.97 bits per heavy atom. The second kappa shape index (κ2) is 11.4. The van der Waals surface area contributed by atoms with Crippen LogP contribution in [0.5, 0.6) is 0 Å². The average Bonchev–Trinajstić information content (AvgIpc) is 3.35. The van der Waals surface area contributed by atoms with Gasteiger partial charge in [-0.25, -0.2) is 0 Å². The Morgan fingerprint density at radius 1 is 1.17 bits per heavy atom.